The first kappa shape index (κ1) is 24.8. The molecule has 1 saturated heterocycles. The van der Waals surface area contributed by atoms with Crippen molar-refractivity contribution in [3.8, 4) is 11.3 Å². The molecule has 12 heteroatoms. The normalized spacial score (nSPS) is 24.4. The molecule has 9 nitrogen and oxygen atoms in total. The molecule has 1 aliphatic rings. The lowest BCUT2D eigenvalue weighted by atomic mass is 9.94. The number of nitrogens with zero attached hydrogens (tertiary/aromatic N) is 4. The third kappa shape index (κ3) is 5.05. The first-order valence-corrected chi connectivity index (χ1v) is 10.7. The van der Waals surface area contributed by atoms with E-state index in [9.17, 15) is 33.3 Å². The predicted molar refractivity (Wildman–Crippen MR) is 115 cm³/mol. The highest BCUT2D eigenvalue weighted by Gasteiger charge is 2.48. The van der Waals surface area contributed by atoms with Gasteiger partial charge in [0.2, 0.25) is 5.91 Å². The Kier molecular flexibility index (Phi) is 7.17. The largest absolute Gasteiger partial charge is 0.394 e. The fourth-order valence-electron chi connectivity index (χ4n) is 4.01. The van der Waals surface area contributed by atoms with Crippen LogP contribution in [0.2, 0.25) is 0 Å². The zero-order chi connectivity index (χ0) is 25.3. The summed E-state index contributed by atoms with van der Waals surface area (Å²) >= 11 is 0. The van der Waals surface area contributed by atoms with Gasteiger partial charge in [0.05, 0.1) is 19.2 Å². The Morgan fingerprint density at radius 3 is 2.57 bits per heavy atom. The van der Waals surface area contributed by atoms with Crippen molar-refractivity contribution in [3.63, 3.8) is 0 Å². The van der Waals surface area contributed by atoms with Crippen molar-refractivity contribution < 1.29 is 38.0 Å². The maximum Gasteiger partial charge on any atom is 0.228 e. The second-order valence-corrected chi connectivity index (χ2v) is 8.24. The average molecular weight is 492 g/mol. The molecular formula is C23H23F3N4O5. The lowest BCUT2D eigenvalue weighted by Gasteiger charge is -2.45. The molecule has 1 amide bonds. The molecule has 3 N–H and O–H groups in total. The van der Waals surface area contributed by atoms with Crippen LogP contribution in [0.1, 0.15) is 11.6 Å². The number of benzene rings is 2. The van der Waals surface area contributed by atoms with Crippen LogP contribution in [-0.4, -0.2) is 79.3 Å². The van der Waals surface area contributed by atoms with E-state index in [0.717, 1.165) is 17.0 Å². The highest BCUT2D eigenvalue weighted by molar-refractivity contribution is 5.78. The van der Waals surface area contributed by atoms with Gasteiger partial charge in [0, 0.05) is 12.6 Å². The van der Waals surface area contributed by atoms with Gasteiger partial charge in [-0.3, -0.25) is 4.79 Å². The van der Waals surface area contributed by atoms with Crippen molar-refractivity contribution in [2.45, 2.75) is 37.0 Å². The molecular weight excluding hydrogens is 469 g/mol. The monoisotopic (exact) mass is 492 g/mol. The number of carbonyl (C=O) groups excluding carboxylic acids is 1. The number of aromatic nitrogens is 3. The molecule has 35 heavy (non-hydrogen) atoms. The van der Waals surface area contributed by atoms with Crippen molar-refractivity contribution in [2.24, 2.45) is 0 Å². The minimum Gasteiger partial charge on any atom is -0.394 e. The molecule has 1 aromatic heterocycles. The summed E-state index contributed by atoms with van der Waals surface area (Å²) in [5.41, 5.74) is 0.897. The van der Waals surface area contributed by atoms with E-state index in [-0.39, 0.29) is 17.7 Å². The van der Waals surface area contributed by atoms with E-state index in [4.69, 9.17) is 4.74 Å². The first-order chi connectivity index (χ1) is 16.7. The molecule has 0 aliphatic carbocycles. The Morgan fingerprint density at radius 1 is 1.11 bits per heavy atom. The number of aliphatic hydroxyl groups is 3. The lowest BCUT2D eigenvalue weighted by molar-refractivity contribution is -0.241. The number of aliphatic hydroxyl groups excluding tert-OH is 3. The van der Waals surface area contributed by atoms with Gasteiger partial charge in [-0.15, -0.1) is 5.10 Å². The number of ether oxygens (including phenoxy) is 1. The fourth-order valence-corrected chi connectivity index (χ4v) is 4.01. The van der Waals surface area contributed by atoms with Crippen LogP contribution in [0.25, 0.3) is 11.3 Å². The maximum atomic E-state index is 13.6. The number of hydrogen-bond donors (Lipinski definition) is 3. The first-order valence-electron chi connectivity index (χ1n) is 10.7. The number of hydrogen-bond acceptors (Lipinski definition) is 7. The molecule has 3 aromatic rings. The molecule has 2 heterocycles. The Balaban J connectivity index is 1.57. The van der Waals surface area contributed by atoms with Crippen LogP contribution in [0.15, 0.2) is 48.7 Å². The lowest BCUT2D eigenvalue weighted by Crippen LogP contribution is -2.61. The van der Waals surface area contributed by atoms with Crippen molar-refractivity contribution in [1.82, 2.24) is 19.9 Å². The van der Waals surface area contributed by atoms with Gasteiger partial charge in [0.1, 0.15) is 35.9 Å². The minimum absolute atomic E-state index is 0.206. The predicted octanol–water partition coefficient (Wildman–Crippen LogP) is 1.04. The van der Waals surface area contributed by atoms with Crippen LogP contribution in [0, 0.1) is 17.5 Å². The van der Waals surface area contributed by atoms with Crippen LogP contribution in [0.4, 0.5) is 13.2 Å². The van der Waals surface area contributed by atoms with Gasteiger partial charge in [-0.2, -0.15) is 0 Å². The van der Waals surface area contributed by atoms with Gasteiger partial charge >= 0.3 is 0 Å². The van der Waals surface area contributed by atoms with Crippen molar-refractivity contribution in [1.29, 1.82) is 0 Å². The van der Waals surface area contributed by atoms with Crippen LogP contribution < -0.4 is 0 Å². The maximum absolute atomic E-state index is 13.6. The van der Waals surface area contributed by atoms with Gasteiger partial charge in [0.15, 0.2) is 17.9 Å². The van der Waals surface area contributed by atoms with Crippen LogP contribution >= 0.6 is 0 Å². The quantitative estimate of drug-likeness (QED) is 0.470. The van der Waals surface area contributed by atoms with Crippen molar-refractivity contribution in [2.75, 3.05) is 13.7 Å². The number of halogens is 3. The summed E-state index contributed by atoms with van der Waals surface area (Å²) in [5, 5.41) is 39.4. The zero-order valence-corrected chi connectivity index (χ0v) is 18.5. The van der Waals surface area contributed by atoms with Gasteiger partial charge < -0.3 is 25.0 Å². The van der Waals surface area contributed by atoms with E-state index in [1.807, 2.05) is 0 Å². The number of likely N-dealkylation sites (N-methyl/N-ethyl adjacent to an activating group) is 1. The molecule has 5 atom stereocenters. The third-order valence-electron chi connectivity index (χ3n) is 5.92. The Morgan fingerprint density at radius 2 is 1.89 bits per heavy atom. The summed E-state index contributed by atoms with van der Waals surface area (Å²) < 4.78 is 47.1. The third-order valence-corrected chi connectivity index (χ3v) is 5.92. The SMILES string of the molecule is CN(C(=O)Cc1ccc(F)c(F)c1)C1OC(CO)C(O)C(n2cc(-c3cccc(F)c3)nn2)C1O. The summed E-state index contributed by atoms with van der Waals surface area (Å²) in [6, 6.07) is 7.49. The van der Waals surface area contributed by atoms with Crippen molar-refractivity contribution >= 4 is 5.91 Å². The molecule has 1 fully saturated rings. The molecule has 0 spiro atoms. The zero-order valence-electron chi connectivity index (χ0n) is 18.5. The van der Waals surface area contributed by atoms with Crippen molar-refractivity contribution in [3.05, 3.63) is 71.7 Å². The summed E-state index contributed by atoms with van der Waals surface area (Å²) in [6.45, 7) is -0.627. The fraction of sp³-hybridized carbons (Fsp3) is 0.348. The molecule has 5 unspecified atom stereocenters. The molecule has 4 rings (SSSR count). The highest BCUT2D eigenvalue weighted by Crippen LogP contribution is 2.32. The minimum atomic E-state index is -1.52. The van der Waals surface area contributed by atoms with Crippen LogP contribution in [0.3, 0.4) is 0 Å². The topological polar surface area (TPSA) is 121 Å². The number of carbonyl (C=O) groups is 1. The Hall–Kier alpha value is -3.32. The van der Waals surface area contributed by atoms with Gasteiger partial charge in [-0.05, 0) is 29.8 Å². The average Bonchev–Trinajstić information content (AvgIpc) is 3.31. The van der Waals surface area contributed by atoms with Gasteiger partial charge in [0.25, 0.3) is 0 Å². The van der Waals surface area contributed by atoms with E-state index >= 15 is 0 Å². The smallest absolute Gasteiger partial charge is 0.228 e. The Labute approximate surface area is 198 Å². The number of amides is 1. The Bertz CT molecular complexity index is 1210. The molecule has 186 valence electrons. The summed E-state index contributed by atoms with van der Waals surface area (Å²) in [6.07, 6.45) is -4.37. The van der Waals surface area contributed by atoms with E-state index in [0.29, 0.717) is 5.56 Å². The number of rotatable bonds is 6. The van der Waals surface area contributed by atoms with Gasteiger partial charge in [-0.1, -0.05) is 23.4 Å². The van der Waals surface area contributed by atoms with E-state index < -0.39 is 60.5 Å². The van der Waals surface area contributed by atoms with Gasteiger partial charge in [-0.25, -0.2) is 17.9 Å². The van der Waals surface area contributed by atoms with E-state index in [2.05, 4.69) is 10.3 Å². The molecule has 0 saturated carbocycles. The summed E-state index contributed by atoms with van der Waals surface area (Å²) in [7, 11) is 1.33. The second kappa shape index (κ2) is 10.1. The van der Waals surface area contributed by atoms with E-state index in [1.165, 1.54) is 42.2 Å². The standard InChI is InChI=1S/C23H23F3N4O5/c1-29(19(32)8-12-5-6-15(25)16(26)7-12)23-22(34)20(21(33)18(11-31)35-23)30-10-17(27-28-30)13-3-2-4-14(24)9-13/h2-7,9-10,18,20-23,31,33-34H,8,11H2,1H3. The van der Waals surface area contributed by atoms with Crippen LogP contribution in [0.5, 0.6) is 0 Å². The molecule has 2 aromatic carbocycles. The molecule has 1 aliphatic heterocycles. The van der Waals surface area contributed by atoms with E-state index in [1.54, 1.807) is 6.07 Å². The molecule has 0 bridgehead atoms. The highest BCUT2D eigenvalue weighted by atomic mass is 19.2. The second-order valence-electron chi connectivity index (χ2n) is 8.24. The molecule has 0 radical (unpaired) electrons. The summed E-state index contributed by atoms with van der Waals surface area (Å²) in [4.78, 5) is 13.9. The summed E-state index contributed by atoms with van der Waals surface area (Å²) in [5.74, 6) is -3.22. The van der Waals surface area contributed by atoms with Crippen LogP contribution in [-0.2, 0) is 16.0 Å².